The highest BCUT2D eigenvalue weighted by atomic mass is 19.1. The predicted octanol–water partition coefficient (Wildman–Crippen LogP) is 3.49. The number of nitrogens with zero attached hydrogens (tertiary/aromatic N) is 4. The maximum absolute atomic E-state index is 15.2. The molecule has 0 amide bonds. The first-order chi connectivity index (χ1) is 22.1. The van der Waals surface area contributed by atoms with Crippen molar-refractivity contribution in [3.8, 4) is 22.9 Å². The summed E-state index contributed by atoms with van der Waals surface area (Å²) >= 11 is 0. The zero-order valence-corrected chi connectivity index (χ0v) is 24.3. The number of carbonyl (C=O) groups excluding carboxylic acids is 2. The zero-order valence-electron chi connectivity index (χ0n) is 24.3. The molecule has 7 rings (SSSR count). The summed E-state index contributed by atoms with van der Waals surface area (Å²) in [4.78, 5) is 54.8. The van der Waals surface area contributed by atoms with Crippen LogP contribution in [0.4, 0.5) is 14.9 Å². The third-order valence-corrected chi connectivity index (χ3v) is 8.47. The normalized spacial score (nSPS) is 18.1. The number of cyclic esters (lactones) is 1. The molecule has 0 bridgehead atoms. The molecule has 3 aliphatic rings. The monoisotopic (exact) mass is 632 g/mol. The molecule has 236 valence electrons. The van der Waals surface area contributed by atoms with Gasteiger partial charge in [0.05, 0.1) is 33.9 Å². The van der Waals surface area contributed by atoms with Crippen LogP contribution >= 0.6 is 0 Å². The topological polar surface area (TPSA) is 173 Å². The standard InChI is InChI=1S/C31H25FN4O10/c1-2-31(40)22-10-25-26-16(12-35(25)28(37)21(22)14-44-29(31)38)9-19-20-13-34(15-45-27(20)23(32)11-24(19)33-26)7-8-43-30(39)46-18-5-3-17(4-6-18)36(41)42/h3-6,9-11,40H,2,7-8,12-15H2,1H3/t31-/m0/s1. The van der Waals surface area contributed by atoms with Crippen LogP contribution in [0.2, 0.25) is 0 Å². The van der Waals surface area contributed by atoms with E-state index in [1.165, 1.54) is 34.9 Å². The van der Waals surface area contributed by atoms with E-state index >= 15 is 4.39 Å². The molecule has 0 fully saturated rings. The number of carbonyl (C=O) groups is 2. The Morgan fingerprint density at radius 1 is 1.15 bits per heavy atom. The molecule has 1 atom stereocenters. The Kier molecular flexibility index (Phi) is 6.94. The van der Waals surface area contributed by atoms with E-state index in [-0.39, 0.29) is 74.3 Å². The van der Waals surface area contributed by atoms with Crippen molar-refractivity contribution in [1.82, 2.24) is 14.5 Å². The van der Waals surface area contributed by atoms with Crippen molar-refractivity contribution < 1.29 is 43.0 Å². The zero-order chi connectivity index (χ0) is 32.3. The summed E-state index contributed by atoms with van der Waals surface area (Å²) in [6, 6.07) is 9.65. The highest BCUT2D eigenvalue weighted by molar-refractivity contribution is 5.89. The number of ether oxygens (including phenoxy) is 4. The number of nitro benzene ring substituents is 1. The van der Waals surface area contributed by atoms with Crippen LogP contribution in [-0.4, -0.2) is 56.5 Å². The molecule has 0 aliphatic carbocycles. The second-order valence-electron chi connectivity index (χ2n) is 11.1. The number of rotatable bonds is 6. The minimum Gasteiger partial charge on any atom is -0.475 e. The van der Waals surface area contributed by atoms with Gasteiger partial charge in [0.25, 0.3) is 11.2 Å². The van der Waals surface area contributed by atoms with Gasteiger partial charge in [-0.25, -0.2) is 19.0 Å². The minimum atomic E-state index is -1.96. The van der Waals surface area contributed by atoms with Crippen LogP contribution in [-0.2, 0) is 39.6 Å². The Hall–Kier alpha value is -5.41. The maximum atomic E-state index is 15.2. The van der Waals surface area contributed by atoms with Gasteiger partial charge < -0.3 is 28.6 Å². The smallest absolute Gasteiger partial charge is 0.475 e. The van der Waals surface area contributed by atoms with E-state index in [2.05, 4.69) is 0 Å². The molecule has 46 heavy (non-hydrogen) atoms. The van der Waals surface area contributed by atoms with E-state index in [0.29, 0.717) is 33.4 Å². The van der Waals surface area contributed by atoms with Gasteiger partial charge in [-0.1, -0.05) is 6.92 Å². The lowest BCUT2D eigenvalue weighted by Gasteiger charge is -2.31. The quantitative estimate of drug-likeness (QED) is 0.125. The van der Waals surface area contributed by atoms with Crippen LogP contribution in [0, 0.1) is 15.9 Å². The molecular weight excluding hydrogens is 607 g/mol. The number of halogens is 1. The van der Waals surface area contributed by atoms with Crippen LogP contribution in [0.5, 0.6) is 11.5 Å². The molecule has 15 heteroatoms. The van der Waals surface area contributed by atoms with E-state index in [4.69, 9.17) is 23.9 Å². The first kappa shape index (κ1) is 29.3. The van der Waals surface area contributed by atoms with Crippen LogP contribution in [0.25, 0.3) is 22.3 Å². The van der Waals surface area contributed by atoms with E-state index < -0.39 is 34.0 Å². The van der Waals surface area contributed by atoms with Gasteiger partial charge in [0, 0.05) is 53.4 Å². The summed E-state index contributed by atoms with van der Waals surface area (Å²) in [6.45, 7) is 1.98. The summed E-state index contributed by atoms with van der Waals surface area (Å²) in [5, 5.41) is 22.5. The summed E-state index contributed by atoms with van der Waals surface area (Å²) in [5.74, 6) is -1.26. The number of non-ortho nitro benzene ring substituents is 1. The summed E-state index contributed by atoms with van der Waals surface area (Å²) in [6.07, 6.45) is -0.979. The fourth-order valence-corrected chi connectivity index (χ4v) is 6.04. The Morgan fingerprint density at radius 2 is 1.93 bits per heavy atom. The average Bonchev–Trinajstić information content (AvgIpc) is 3.40. The highest BCUT2D eigenvalue weighted by Crippen LogP contribution is 2.41. The Morgan fingerprint density at radius 3 is 2.67 bits per heavy atom. The molecule has 2 aromatic heterocycles. The minimum absolute atomic E-state index is 0.0135. The number of esters is 1. The van der Waals surface area contributed by atoms with E-state index in [1.54, 1.807) is 17.9 Å². The second kappa shape index (κ2) is 10.9. The maximum Gasteiger partial charge on any atom is 0.513 e. The molecule has 0 radical (unpaired) electrons. The van der Waals surface area contributed by atoms with Crippen LogP contribution in [0.1, 0.15) is 35.6 Å². The van der Waals surface area contributed by atoms with Crippen molar-refractivity contribution in [1.29, 1.82) is 0 Å². The van der Waals surface area contributed by atoms with Gasteiger partial charge in [-0.05, 0) is 30.7 Å². The first-order valence-electron chi connectivity index (χ1n) is 14.3. The van der Waals surface area contributed by atoms with Gasteiger partial charge >= 0.3 is 12.1 Å². The van der Waals surface area contributed by atoms with E-state index in [9.17, 15) is 29.6 Å². The lowest BCUT2D eigenvalue weighted by Crippen LogP contribution is -2.44. The third kappa shape index (κ3) is 4.71. The van der Waals surface area contributed by atoms with Crippen molar-refractivity contribution in [3.63, 3.8) is 0 Å². The van der Waals surface area contributed by atoms with Gasteiger partial charge in [-0.3, -0.25) is 19.8 Å². The van der Waals surface area contributed by atoms with Crippen molar-refractivity contribution >= 4 is 28.7 Å². The predicted molar refractivity (Wildman–Crippen MR) is 155 cm³/mol. The van der Waals surface area contributed by atoms with Gasteiger partial charge in [0.15, 0.2) is 17.2 Å². The van der Waals surface area contributed by atoms with E-state index in [0.717, 1.165) is 0 Å². The van der Waals surface area contributed by atoms with Gasteiger partial charge in [0.1, 0.15) is 25.7 Å². The molecule has 0 unspecified atom stereocenters. The van der Waals surface area contributed by atoms with Crippen molar-refractivity contribution in [2.24, 2.45) is 0 Å². The summed E-state index contributed by atoms with van der Waals surface area (Å²) in [5.41, 5.74) is 0.302. The van der Waals surface area contributed by atoms with Crippen LogP contribution < -0.4 is 15.0 Å². The Bertz CT molecular complexity index is 2030. The number of aliphatic hydroxyl groups is 1. The molecule has 2 aromatic carbocycles. The molecule has 1 N–H and O–H groups in total. The fourth-order valence-electron chi connectivity index (χ4n) is 6.04. The summed E-state index contributed by atoms with van der Waals surface area (Å²) < 4.78 is 37.8. The Balaban J connectivity index is 1.11. The lowest BCUT2D eigenvalue weighted by atomic mass is 9.86. The van der Waals surface area contributed by atoms with Gasteiger partial charge in [-0.15, -0.1) is 0 Å². The second-order valence-corrected chi connectivity index (χ2v) is 11.1. The molecule has 5 heterocycles. The Labute approximate surface area is 258 Å². The molecule has 0 spiro atoms. The molecule has 14 nitrogen and oxygen atoms in total. The van der Waals surface area contributed by atoms with Crippen molar-refractivity contribution in [2.75, 3.05) is 19.9 Å². The number of hydrogen-bond donors (Lipinski definition) is 1. The lowest BCUT2D eigenvalue weighted by molar-refractivity contribution is -0.384. The number of nitro groups is 1. The highest BCUT2D eigenvalue weighted by Gasteiger charge is 2.45. The molecule has 0 saturated carbocycles. The van der Waals surface area contributed by atoms with Gasteiger partial charge in [-0.2, -0.15) is 0 Å². The molecule has 3 aliphatic heterocycles. The number of hydrogen-bond acceptors (Lipinski definition) is 12. The third-order valence-electron chi connectivity index (χ3n) is 8.47. The fraction of sp³-hybridized carbons (Fsp3) is 0.290. The summed E-state index contributed by atoms with van der Waals surface area (Å²) in [7, 11) is 0. The van der Waals surface area contributed by atoms with E-state index in [1.807, 2.05) is 6.07 Å². The van der Waals surface area contributed by atoms with Crippen molar-refractivity contribution in [3.05, 3.63) is 91.0 Å². The van der Waals surface area contributed by atoms with Crippen LogP contribution in [0.3, 0.4) is 0 Å². The molecular formula is C31H25FN4O10. The first-order valence-corrected chi connectivity index (χ1v) is 14.3. The SMILES string of the molecule is CC[C@@]1(O)C(=O)OCc2c1cc1n(c2=O)Cc2cc3c4c(c(F)cc3nc2-1)OCN(CCOC(=O)Oc1ccc([N+](=O)[O-])cc1)C4. The van der Waals surface area contributed by atoms with Crippen molar-refractivity contribution in [2.45, 2.75) is 38.6 Å². The number of benzene rings is 2. The number of aromatic nitrogens is 2. The number of fused-ring (bicyclic) bond motifs is 7. The average molecular weight is 633 g/mol. The van der Waals surface area contributed by atoms with Gasteiger partial charge in [0.2, 0.25) is 0 Å². The molecule has 0 saturated heterocycles. The molecule has 4 aromatic rings. The number of pyridine rings is 2. The largest absolute Gasteiger partial charge is 0.513 e. The van der Waals surface area contributed by atoms with Crippen LogP contribution in [0.15, 0.2) is 47.3 Å².